The van der Waals surface area contributed by atoms with Crippen LogP contribution in [0.25, 0.3) is 17.2 Å². The highest BCUT2D eigenvalue weighted by molar-refractivity contribution is 8.26. The molecule has 3 rings (SSSR count). The second-order valence-corrected chi connectivity index (χ2v) is 13.1. The number of thioether (sulfide) groups is 1. The number of alkyl halides is 6. The molecule has 1 aliphatic rings. The molecule has 0 radical (unpaired) electrons. The monoisotopic (exact) mass is 652 g/mol. The minimum absolute atomic E-state index is 0.0276. The van der Waals surface area contributed by atoms with E-state index < -0.39 is 46.7 Å². The van der Waals surface area contributed by atoms with Crippen molar-refractivity contribution in [3.63, 3.8) is 0 Å². The van der Waals surface area contributed by atoms with Crippen LogP contribution in [0.15, 0.2) is 29.2 Å². The third-order valence-corrected chi connectivity index (χ3v) is 8.82. The lowest BCUT2D eigenvalue weighted by Gasteiger charge is -2.20. The molecule has 0 saturated carbocycles. The average Bonchev–Trinajstić information content (AvgIpc) is 3.40. The molecule has 228 valence electrons. The van der Waals surface area contributed by atoms with Gasteiger partial charge in [0.25, 0.3) is 5.91 Å². The molecule has 0 atom stereocenters. The van der Waals surface area contributed by atoms with Crippen LogP contribution in [0.1, 0.15) is 60.9 Å². The van der Waals surface area contributed by atoms with Gasteiger partial charge in [-0.1, -0.05) is 44.8 Å². The van der Waals surface area contributed by atoms with E-state index in [2.05, 4.69) is 5.32 Å². The summed E-state index contributed by atoms with van der Waals surface area (Å²) >= 11 is 7.39. The molecule has 0 unspecified atom stereocenters. The van der Waals surface area contributed by atoms with E-state index in [1.165, 1.54) is 17.0 Å². The van der Waals surface area contributed by atoms with Gasteiger partial charge in [-0.05, 0) is 53.3 Å². The van der Waals surface area contributed by atoms with Crippen molar-refractivity contribution in [2.24, 2.45) is 0 Å². The number of thiocarbonyl (C=S) groups is 1. The molecule has 2 amide bonds. The van der Waals surface area contributed by atoms with Gasteiger partial charge in [0.2, 0.25) is 5.91 Å². The van der Waals surface area contributed by atoms with Gasteiger partial charge >= 0.3 is 18.3 Å². The number of thiophene rings is 1. The summed E-state index contributed by atoms with van der Waals surface area (Å²) < 4.78 is 81.3. The van der Waals surface area contributed by atoms with Crippen LogP contribution in [0.5, 0.6) is 0 Å². The Morgan fingerprint density at radius 3 is 2.12 bits per heavy atom. The van der Waals surface area contributed by atoms with E-state index in [0.717, 1.165) is 23.1 Å². The molecule has 0 aliphatic carbocycles. The highest BCUT2D eigenvalue weighted by Gasteiger charge is 2.38. The van der Waals surface area contributed by atoms with Crippen molar-refractivity contribution < 1.29 is 45.8 Å². The molecular weight excluding hydrogens is 626 g/mol. The van der Waals surface area contributed by atoms with Gasteiger partial charge in [-0.15, -0.1) is 11.3 Å². The van der Waals surface area contributed by atoms with E-state index in [1.54, 1.807) is 20.8 Å². The summed E-state index contributed by atoms with van der Waals surface area (Å²) in [6.07, 6.45) is -8.45. The van der Waals surface area contributed by atoms with Crippen LogP contribution < -0.4 is 5.32 Å². The zero-order valence-corrected chi connectivity index (χ0v) is 25.0. The van der Waals surface area contributed by atoms with Gasteiger partial charge in [0.15, 0.2) is 0 Å². The van der Waals surface area contributed by atoms with Crippen molar-refractivity contribution in [3.8, 4) is 11.1 Å². The Labute approximate surface area is 251 Å². The number of carbonyl (C=O) groups excluding carboxylic acids is 2. The van der Waals surface area contributed by atoms with Crippen LogP contribution in [0.4, 0.5) is 26.3 Å². The summed E-state index contributed by atoms with van der Waals surface area (Å²) in [6.45, 7) is 5.46. The first-order chi connectivity index (χ1) is 19.3. The first-order valence-corrected chi connectivity index (χ1v) is 14.5. The van der Waals surface area contributed by atoms with Crippen LogP contribution in [0.2, 0.25) is 0 Å². The SMILES string of the molecule is CC(C)(C)c1sc(C=C2SC(=S)N(CCC(=O)NCCCC(=O)O)C2=O)cc1-c1cc(C(F)(F)F)cc(C(F)(F)F)c1. The fraction of sp³-hybridized carbons (Fsp3) is 0.407. The molecular formula is C27H26F6N2O4S3. The lowest BCUT2D eigenvalue weighted by Crippen LogP contribution is -2.33. The smallest absolute Gasteiger partial charge is 0.416 e. The Bertz CT molecular complexity index is 1390. The van der Waals surface area contributed by atoms with Crippen molar-refractivity contribution in [2.75, 3.05) is 13.1 Å². The molecule has 1 aromatic heterocycles. The van der Waals surface area contributed by atoms with E-state index in [9.17, 15) is 40.7 Å². The van der Waals surface area contributed by atoms with Gasteiger partial charge in [0, 0.05) is 35.7 Å². The third-order valence-electron chi connectivity index (χ3n) is 5.93. The van der Waals surface area contributed by atoms with Crippen molar-refractivity contribution in [1.29, 1.82) is 0 Å². The molecule has 42 heavy (non-hydrogen) atoms. The lowest BCUT2D eigenvalue weighted by atomic mass is 9.88. The van der Waals surface area contributed by atoms with Crippen molar-refractivity contribution >= 4 is 63.5 Å². The van der Waals surface area contributed by atoms with Gasteiger partial charge in [0.1, 0.15) is 4.32 Å². The molecule has 15 heteroatoms. The summed E-state index contributed by atoms with van der Waals surface area (Å²) in [6, 6.07) is 2.90. The number of nitrogens with zero attached hydrogens (tertiary/aromatic N) is 1. The van der Waals surface area contributed by atoms with Gasteiger partial charge in [-0.3, -0.25) is 19.3 Å². The summed E-state index contributed by atoms with van der Waals surface area (Å²) in [5.74, 6) is -1.87. The number of hydrogen-bond donors (Lipinski definition) is 2. The predicted octanol–water partition coefficient (Wildman–Crippen LogP) is 7.32. The number of carbonyl (C=O) groups is 3. The fourth-order valence-corrected chi connectivity index (χ4v) is 6.51. The van der Waals surface area contributed by atoms with Crippen LogP contribution in [-0.2, 0) is 32.2 Å². The molecule has 1 aliphatic heterocycles. The number of amides is 2. The van der Waals surface area contributed by atoms with Crippen molar-refractivity contribution in [3.05, 3.63) is 50.1 Å². The molecule has 0 bridgehead atoms. The predicted molar refractivity (Wildman–Crippen MR) is 153 cm³/mol. The number of benzene rings is 1. The number of nitrogens with one attached hydrogen (secondary N) is 1. The van der Waals surface area contributed by atoms with Crippen molar-refractivity contribution in [2.45, 2.75) is 57.8 Å². The van der Waals surface area contributed by atoms with Crippen LogP contribution in [0.3, 0.4) is 0 Å². The number of hydrogen-bond acceptors (Lipinski definition) is 6. The van der Waals surface area contributed by atoms with Crippen molar-refractivity contribution in [1.82, 2.24) is 10.2 Å². The number of aliphatic carboxylic acids is 1. The maximum atomic E-state index is 13.5. The topological polar surface area (TPSA) is 86.7 Å². The summed E-state index contributed by atoms with van der Waals surface area (Å²) in [5.41, 5.74) is -3.57. The minimum atomic E-state index is -5.00. The minimum Gasteiger partial charge on any atom is -0.481 e. The van der Waals surface area contributed by atoms with Crippen LogP contribution in [0, 0.1) is 0 Å². The Balaban J connectivity index is 1.89. The average molecular weight is 653 g/mol. The maximum Gasteiger partial charge on any atom is 0.416 e. The molecule has 2 heterocycles. The fourth-order valence-electron chi connectivity index (χ4n) is 3.95. The van der Waals surface area contributed by atoms with Gasteiger partial charge in [-0.2, -0.15) is 26.3 Å². The normalized spacial score (nSPS) is 15.5. The van der Waals surface area contributed by atoms with Gasteiger partial charge in [-0.25, -0.2) is 0 Å². The molecule has 1 fully saturated rings. The lowest BCUT2D eigenvalue weighted by molar-refractivity contribution is -0.143. The quantitative estimate of drug-likeness (QED) is 0.128. The first kappa shape index (κ1) is 33.6. The van der Waals surface area contributed by atoms with Gasteiger partial charge < -0.3 is 10.4 Å². The van der Waals surface area contributed by atoms with E-state index in [1.807, 2.05) is 0 Å². The number of halogens is 6. The van der Waals surface area contributed by atoms with Crippen LogP contribution >= 0.6 is 35.3 Å². The maximum absolute atomic E-state index is 13.5. The Kier molecular flexibility index (Phi) is 10.2. The zero-order valence-electron chi connectivity index (χ0n) is 22.5. The largest absolute Gasteiger partial charge is 0.481 e. The van der Waals surface area contributed by atoms with E-state index in [0.29, 0.717) is 21.9 Å². The second kappa shape index (κ2) is 12.8. The summed E-state index contributed by atoms with van der Waals surface area (Å²) in [5, 5.41) is 11.2. The molecule has 2 aromatic rings. The summed E-state index contributed by atoms with van der Waals surface area (Å²) in [4.78, 5) is 38.0. The highest BCUT2D eigenvalue weighted by Crippen LogP contribution is 2.45. The summed E-state index contributed by atoms with van der Waals surface area (Å²) in [7, 11) is 0. The van der Waals surface area contributed by atoms with Crippen LogP contribution in [-0.4, -0.2) is 45.2 Å². The zero-order chi connectivity index (χ0) is 31.6. The third kappa shape index (κ3) is 8.57. The standard InChI is InChI=1S/C27H26F6N2O4S3/c1-25(2,3)22-18(14-9-15(26(28,29)30)11-16(10-14)27(31,32)33)12-17(41-22)13-19-23(39)35(24(40)42-19)8-6-20(36)34-7-4-5-21(37)38/h9-13H,4-8H2,1-3H3,(H,34,36)(H,37,38). The van der Waals surface area contributed by atoms with Gasteiger partial charge in [0.05, 0.1) is 16.0 Å². The second-order valence-electron chi connectivity index (χ2n) is 10.4. The van der Waals surface area contributed by atoms with E-state index in [4.69, 9.17) is 17.3 Å². The molecule has 2 N–H and O–H groups in total. The number of carboxylic acid groups (broad SMARTS) is 1. The molecule has 0 spiro atoms. The Morgan fingerprint density at radius 1 is 1.00 bits per heavy atom. The highest BCUT2D eigenvalue weighted by atomic mass is 32.2. The van der Waals surface area contributed by atoms with E-state index in [-0.39, 0.29) is 58.8 Å². The molecule has 1 aromatic carbocycles. The molecule has 1 saturated heterocycles. The Morgan fingerprint density at radius 2 is 1.60 bits per heavy atom. The number of carboxylic acids is 1. The molecule has 6 nitrogen and oxygen atoms in total. The Hall–Kier alpha value is -2.91. The van der Waals surface area contributed by atoms with E-state index >= 15 is 0 Å². The number of rotatable bonds is 9. The first-order valence-electron chi connectivity index (χ1n) is 12.5.